The lowest BCUT2D eigenvalue weighted by atomic mass is 10.0. The Balaban J connectivity index is 2.92. The summed E-state index contributed by atoms with van der Waals surface area (Å²) in [4.78, 5) is 23.5. The second-order valence-corrected chi connectivity index (χ2v) is 3.24. The minimum atomic E-state index is -1.48. The van der Waals surface area contributed by atoms with Crippen molar-refractivity contribution in [2.45, 2.75) is 20.2 Å². The van der Waals surface area contributed by atoms with Gasteiger partial charge < -0.3 is 9.47 Å². The number of allylic oxidation sites excluding steroid dienone is 1. The zero-order valence-corrected chi connectivity index (χ0v) is 8.99. The lowest BCUT2D eigenvalue weighted by Gasteiger charge is -2.13. The Labute approximate surface area is 90.6 Å². The monoisotopic (exact) mass is 213 g/mol. The van der Waals surface area contributed by atoms with Gasteiger partial charge in [0.05, 0.1) is 13.2 Å². The number of hydrogen-bond donors (Lipinski definition) is 0. The van der Waals surface area contributed by atoms with Crippen molar-refractivity contribution in [3.63, 3.8) is 0 Å². The Morgan fingerprint density at radius 1 is 1.47 bits per heavy atom. The molecular weight excluding hydrogens is 196 g/mol. The summed E-state index contributed by atoms with van der Waals surface area (Å²) in [6, 6.07) is 0. The smallest absolute Gasteiger partial charge is 0.324 e. The molecule has 0 unspecified atom stereocenters. The molecule has 1 aliphatic rings. The average molecular weight is 213 g/mol. The molecule has 2 atom stereocenters. The third kappa shape index (κ3) is 1.89. The van der Waals surface area contributed by atoms with Crippen LogP contribution < -0.4 is 0 Å². The van der Waals surface area contributed by atoms with Gasteiger partial charge in [0.1, 0.15) is 0 Å². The Kier molecular flexibility index (Phi) is 3.04. The maximum atomic E-state index is 11.7. The van der Waals surface area contributed by atoms with Crippen LogP contribution in [0.1, 0.15) is 21.6 Å². The zero-order valence-electron chi connectivity index (χ0n) is 9.99. The van der Waals surface area contributed by atoms with E-state index in [4.69, 9.17) is 10.8 Å². The van der Waals surface area contributed by atoms with Crippen molar-refractivity contribution < 1.29 is 20.4 Å². The molecule has 84 valence electrons. The molecule has 1 rings (SSSR count). The van der Waals surface area contributed by atoms with Gasteiger partial charge in [0.2, 0.25) is 0 Å². The minimum Gasteiger partial charge on any atom is -0.465 e. The number of ether oxygens (including phenoxy) is 2. The highest BCUT2D eigenvalue weighted by atomic mass is 16.6. The third-order valence-corrected chi connectivity index (χ3v) is 2.34. The van der Waals surface area contributed by atoms with Crippen molar-refractivity contribution in [2.24, 2.45) is 11.3 Å². The summed E-state index contributed by atoms with van der Waals surface area (Å²) in [5, 5.41) is 0. The number of esters is 2. The van der Waals surface area contributed by atoms with E-state index in [1.165, 1.54) is 6.08 Å². The van der Waals surface area contributed by atoms with Gasteiger partial charge in [-0.2, -0.15) is 0 Å². The molecule has 0 aliphatic heterocycles. The van der Waals surface area contributed by atoms with Crippen LogP contribution in [0.25, 0.3) is 0 Å². The topological polar surface area (TPSA) is 52.6 Å². The number of hydrogen-bond acceptors (Lipinski definition) is 4. The molecule has 0 radical (unpaired) electrons. The van der Waals surface area contributed by atoms with E-state index >= 15 is 0 Å². The maximum absolute atomic E-state index is 11.7. The number of rotatable bonds is 5. The molecule has 15 heavy (non-hydrogen) atoms. The fraction of sp³-hybridized carbons (Fsp3) is 0.636. The van der Waals surface area contributed by atoms with Crippen molar-refractivity contribution in [2.75, 3.05) is 13.2 Å². The molecule has 0 saturated heterocycles. The lowest BCUT2D eigenvalue weighted by molar-refractivity contribution is -0.164. The van der Waals surface area contributed by atoms with Crippen molar-refractivity contribution in [1.82, 2.24) is 0 Å². The lowest BCUT2D eigenvalue weighted by Crippen LogP contribution is -2.31. The summed E-state index contributed by atoms with van der Waals surface area (Å²) >= 11 is 0. The van der Waals surface area contributed by atoms with Crippen LogP contribution in [-0.2, 0) is 19.1 Å². The van der Waals surface area contributed by atoms with Crippen LogP contribution in [0.15, 0.2) is 12.7 Å². The molecule has 0 N–H and O–H groups in total. The molecule has 1 saturated carbocycles. The molecule has 0 heterocycles. The predicted molar refractivity (Wildman–Crippen MR) is 54.0 cm³/mol. The maximum Gasteiger partial charge on any atom is 0.324 e. The van der Waals surface area contributed by atoms with Crippen molar-refractivity contribution in [3.8, 4) is 0 Å². The van der Waals surface area contributed by atoms with Crippen LogP contribution in [-0.4, -0.2) is 25.2 Å². The van der Waals surface area contributed by atoms with Crippen molar-refractivity contribution in [1.29, 1.82) is 0 Å². The summed E-state index contributed by atoms with van der Waals surface area (Å²) < 4.78 is 17.4. The van der Waals surface area contributed by atoms with Gasteiger partial charge in [0.15, 0.2) is 5.41 Å². The molecule has 1 fully saturated rings. The Hall–Kier alpha value is -1.32. The van der Waals surface area contributed by atoms with Gasteiger partial charge in [0.25, 0.3) is 0 Å². The second kappa shape index (κ2) is 4.47. The fourth-order valence-corrected chi connectivity index (χ4v) is 1.48. The van der Waals surface area contributed by atoms with E-state index in [0.29, 0.717) is 0 Å². The first-order valence-corrected chi connectivity index (χ1v) is 4.96. The van der Waals surface area contributed by atoms with E-state index in [9.17, 15) is 9.59 Å². The van der Waals surface area contributed by atoms with E-state index in [0.717, 1.165) is 0 Å². The van der Waals surface area contributed by atoms with E-state index in [-0.39, 0.29) is 13.2 Å². The first-order valence-electron chi connectivity index (χ1n) is 5.54. The largest absolute Gasteiger partial charge is 0.465 e. The van der Waals surface area contributed by atoms with Crippen molar-refractivity contribution >= 4 is 11.9 Å². The third-order valence-electron chi connectivity index (χ3n) is 2.34. The summed E-state index contributed by atoms with van der Waals surface area (Å²) in [6.45, 7) is 7.18. The number of carbonyl (C=O) groups is 2. The quantitative estimate of drug-likeness (QED) is 0.392. The predicted octanol–water partition coefficient (Wildman–Crippen LogP) is 1.30. The van der Waals surface area contributed by atoms with Gasteiger partial charge in [0, 0.05) is 7.29 Å². The number of carbonyl (C=O) groups excluding carboxylic acids is 2. The fourth-order valence-electron chi connectivity index (χ4n) is 1.48. The molecular formula is C11H16O4. The van der Waals surface area contributed by atoms with Crippen LogP contribution >= 0.6 is 0 Å². The Bertz CT molecular complexity index is 295. The molecule has 0 aromatic carbocycles. The molecule has 1 aliphatic carbocycles. The van der Waals surface area contributed by atoms with Gasteiger partial charge >= 0.3 is 11.9 Å². The van der Waals surface area contributed by atoms with Crippen LogP contribution in [0.5, 0.6) is 0 Å². The normalized spacial score (nSPS) is 27.5. The molecule has 0 aromatic heterocycles. The van der Waals surface area contributed by atoms with E-state index < -0.39 is 29.7 Å². The summed E-state index contributed by atoms with van der Waals surface area (Å²) in [6.07, 6.45) is 0.592. The molecule has 0 bridgehead atoms. The molecule has 0 aromatic rings. The van der Waals surface area contributed by atoms with E-state index in [1.54, 1.807) is 13.8 Å². The van der Waals surface area contributed by atoms with Gasteiger partial charge in [-0.3, -0.25) is 9.59 Å². The molecule has 4 nitrogen and oxygen atoms in total. The van der Waals surface area contributed by atoms with Crippen LogP contribution in [0.4, 0.5) is 0 Å². The van der Waals surface area contributed by atoms with Crippen LogP contribution in [0, 0.1) is 11.3 Å². The highest BCUT2D eigenvalue weighted by Crippen LogP contribution is 2.55. The summed E-state index contributed by atoms with van der Waals surface area (Å²) in [5.74, 6) is -1.87. The van der Waals surface area contributed by atoms with Gasteiger partial charge in [-0.05, 0) is 20.2 Å². The summed E-state index contributed by atoms with van der Waals surface area (Å²) in [7, 11) is 0. The minimum absolute atomic E-state index is 0.177. The first kappa shape index (κ1) is 10.2. The van der Waals surface area contributed by atoms with Gasteiger partial charge in [-0.1, -0.05) is 6.08 Å². The standard InChI is InChI=1S/C11H16O4/c1-4-8-7-11(8,9(12)14-5-2)10(13)15-6-3/h4,8H,1,5-7H2,2-3H3/t8-/m0/s1/i7D/t7-,8+/m1. The van der Waals surface area contributed by atoms with Crippen LogP contribution in [0.2, 0.25) is 0 Å². The molecule has 0 amide bonds. The van der Waals surface area contributed by atoms with Gasteiger partial charge in [-0.15, -0.1) is 6.58 Å². The molecule has 0 spiro atoms. The highest BCUT2D eigenvalue weighted by molar-refractivity contribution is 6.04. The van der Waals surface area contributed by atoms with Crippen LogP contribution in [0.3, 0.4) is 0 Å². The van der Waals surface area contributed by atoms with E-state index in [2.05, 4.69) is 6.58 Å². The Morgan fingerprint density at radius 3 is 2.20 bits per heavy atom. The van der Waals surface area contributed by atoms with Gasteiger partial charge in [-0.25, -0.2) is 0 Å². The van der Waals surface area contributed by atoms with Crippen molar-refractivity contribution in [3.05, 3.63) is 12.7 Å². The average Bonchev–Trinajstić information content (AvgIpc) is 2.85. The zero-order chi connectivity index (χ0) is 12.3. The first-order chi connectivity index (χ1) is 7.57. The summed E-state index contributed by atoms with van der Waals surface area (Å²) in [5.41, 5.74) is -1.48. The highest BCUT2D eigenvalue weighted by Gasteiger charge is 2.66. The second-order valence-electron chi connectivity index (χ2n) is 3.24. The Morgan fingerprint density at radius 2 is 1.93 bits per heavy atom. The SMILES string of the molecule is [2H][C@@H]1[C@H](C=C)C1(C(=O)OCC)C(=O)OCC. The molecule has 4 heteroatoms. The van der Waals surface area contributed by atoms with E-state index in [1.807, 2.05) is 0 Å².